The van der Waals surface area contributed by atoms with E-state index in [0.29, 0.717) is 12.5 Å². The van der Waals surface area contributed by atoms with Crippen molar-refractivity contribution in [2.45, 2.75) is 38.6 Å². The number of rotatable bonds is 3. The lowest BCUT2D eigenvalue weighted by atomic mass is 9.90. The van der Waals surface area contributed by atoms with Gasteiger partial charge in [0, 0.05) is 32.1 Å². The van der Waals surface area contributed by atoms with Crippen LogP contribution in [0.5, 0.6) is 0 Å². The highest BCUT2D eigenvalue weighted by atomic mass is 32.1. The quantitative estimate of drug-likeness (QED) is 0.863. The van der Waals surface area contributed by atoms with Gasteiger partial charge in [-0.15, -0.1) is 11.3 Å². The number of aromatic nitrogens is 1. The lowest BCUT2D eigenvalue weighted by Crippen LogP contribution is -2.45. The third kappa shape index (κ3) is 3.26. The smallest absolute Gasteiger partial charge is 0.317 e. The normalized spacial score (nSPS) is 23.4. The maximum absolute atomic E-state index is 12.7. The molecule has 1 N–H and O–H groups in total. The maximum Gasteiger partial charge on any atom is 0.317 e. The second kappa shape index (κ2) is 7.03. The fourth-order valence-electron chi connectivity index (χ4n) is 4.82. The number of piperidine rings is 1. The first kappa shape index (κ1) is 17.9. The van der Waals surface area contributed by atoms with Gasteiger partial charge in [-0.05, 0) is 49.7 Å². The molecule has 1 aromatic carbocycles. The number of para-hydroxylation sites is 1. The van der Waals surface area contributed by atoms with E-state index in [9.17, 15) is 9.59 Å². The fraction of sp³-hybridized carbons (Fsp3) is 0.571. The van der Waals surface area contributed by atoms with E-state index in [1.807, 2.05) is 23.1 Å². The van der Waals surface area contributed by atoms with Crippen LogP contribution in [0.4, 0.5) is 4.79 Å². The van der Waals surface area contributed by atoms with Gasteiger partial charge in [0.2, 0.25) is 5.91 Å². The highest BCUT2D eigenvalue weighted by molar-refractivity contribution is 7.18. The number of hydrogen-bond donors (Lipinski definition) is 1. The molecular weight excluding hydrogens is 372 g/mol. The number of benzene rings is 1. The SMILES string of the molecule is O=C(NCc1nc2ccccc2s1)N1CCC2(CC1)CC2C(=O)N1CCCC1. The van der Waals surface area contributed by atoms with Gasteiger partial charge >= 0.3 is 6.03 Å². The minimum atomic E-state index is -0.0165. The molecule has 1 atom stereocenters. The van der Waals surface area contributed by atoms with Crippen molar-refractivity contribution in [1.82, 2.24) is 20.1 Å². The van der Waals surface area contributed by atoms with Crippen molar-refractivity contribution in [3.63, 3.8) is 0 Å². The standard InChI is InChI=1S/C21H26N4O2S/c26-19(24-9-3-4-10-24)15-13-21(15)7-11-25(12-8-21)20(27)22-14-18-23-16-5-1-2-6-17(16)28-18/h1-2,5-6,15H,3-4,7-14H2,(H,22,27). The van der Waals surface area contributed by atoms with Gasteiger partial charge in [0.25, 0.3) is 0 Å². The Kier molecular flexibility index (Phi) is 4.50. The molecule has 3 heterocycles. The van der Waals surface area contributed by atoms with Crippen molar-refractivity contribution in [1.29, 1.82) is 0 Å². The first-order valence-corrected chi connectivity index (χ1v) is 11.1. The lowest BCUT2D eigenvalue weighted by Gasteiger charge is -2.33. The highest BCUT2D eigenvalue weighted by Crippen LogP contribution is 2.60. The van der Waals surface area contributed by atoms with Crippen LogP contribution in [0.1, 0.15) is 37.1 Å². The summed E-state index contributed by atoms with van der Waals surface area (Å²) in [4.78, 5) is 33.7. The first-order valence-electron chi connectivity index (χ1n) is 10.3. The average molecular weight is 399 g/mol. The summed E-state index contributed by atoms with van der Waals surface area (Å²) < 4.78 is 1.15. The molecule has 2 aromatic rings. The van der Waals surface area contributed by atoms with Gasteiger partial charge < -0.3 is 15.1 Å². The zero-order valence-electron chi connectivity index (χ0n) is 16.0. The van der Waals surface area contributed by atoms with Crippen molar-refractivity contribution in [2.24, 2.45) is 11.3 Å². The van der Waals surface area contributed by atoms with Crippen LogP contribution < -0.4 is 5.32 Å². The van der Waals surface area contributed by atoms with E-state index in [1.54, 1.807) is 11.3 Å². The van der Waals surface area contributed by atoms with E-state index in [0.717, 1.165) is 73.5 Å². The molecule has 1 spiro atoms. The molecule has 2 saturated heterocycles. The Bertz CT molecular complexity index is 864. The molecule has 5 rings (SSSR count). The zero-order chi connectivity index (χ0) is 19.1. The van der Waals surface area contributed by atoms with Crippen LogP contribution in [-0.2, 0) is 11.3 Å². The van der Waals surface area contributed by atoms with E-state index < -0.39 is 0 Å². The van der Waals surface area contributed by atoms with E-state index >= 15 is 0 Å². The molecule has 148 valence electrons. The third-order valence-corrected chi connectivity index (χ3v) is 7.72. The summed E-state index contributed by atoms with van der Waals surface area (Å²) in [5.41, 5.74) is 1.16. The van der Waals surface area contributed by atoms with Crippen molar-refractivity contribution in [3.8, 4) is 0 Å². The predicted octanol–water partition coefficient (Wildman–Crippen LogP) is 3.23. The second-order valence-electron chi connectivity index (χ2n) is 8.37. The second-order valence-corrected chi connectivity index (χ2v) is 9.49. The van der Waals surface area contributed by atoms with E-state index in [1.165, 1.54) is 0 Å². The molecule has 0 bridgehead atoms. The molecule has 1 aromatic heterocycles. The van der Waals surface area contributed by atoms with Crippen LogP contribution in [0, 0.1) is 11.3 Å². The summed E-state index contributed by atoms with van der Waals surface area (Å²) in [6, 6.07) is 8.02. The van der Waals surface area contributed by atoms with Gasteiger partial charge in [-0.3, -0.25) is 4.79 Å². The largest absolute Gasteiger partial charge is 0.342 e. The highest BCUT2D eigenvalue weighted by Gasteiger charge is 2.59. The Hall–Kier alpha value is -2.15. The predicted molar refractivity (Wildman–Crippen MR) is 109 cm³/mol. The molecule has 2 aliphatic heterocycles. The monoisotopic (exact) mass is 398 g/mol. The summed E-state index contributed by atoms with van der Waals surface area (Å²) in [6.07, 6.45) is 5.21. The Morgan fingerprint density at radius 3 is 2.61 bits per heavy atom. The molecule has 7 heteroatoms. The Morgan fingerprint density at radius 2 is 1.86 bits per heavy atom. The van der Waals surface area contributed by atoms with E-state index in [2.05, 4.69) is 21.3 Å². The topological polar surface area (TPSA) is 65.5 Å². The number of carbonyl (C=O) groups excluding carboxylic acids is 2. The van der Waals surface area contributed by atoms with E-state index in [4.69, 9.17) is 0 Å². The number of fused-ring (bicyclic) bond motifs is 1. The molecule has 3 amide bonds. The van der Waals surface area contributed by atoms with Crippen LogP contribution in [0.15, 0.2) is 24.3 Å². The molecular formula is C21H26N4O2S. The molecule has 3 fully saturated rings. The van der Waals surface area contributed by atoms with Gasteiger partial charge in [-0.1, -0.05) is 12.1 Å². The van der Waals surface area contributed by atoms with Crippen molar-refractivity contribution >= 4 is 33.5 Å². The first-order chi connectivity index (χ1) is 13.6. The molecule has 1 aliphatic carbocycles. The number of carbonyl (C=O) groups is 2. The molecule has 1 unspecified atom stereocenters. The summed E-state index contributed by atoms with van der Waals surface area (Å²) in [7, 11) is 0. The molecule has 3 aliphatic rings. The van der Waals surface area contributed by atoms with Gasteiger partial charge in [-0.2, -0.15) is 0 Å². The molecule has 28 heavy (non-hydrogen) atoms. The summed E-state index contributed by atoms with van der Waals surface area (Å²) in [5, 5.41) is 3.95. The minimum absolute atomic E-state index is 0.0165. The van der Waals surface area contributed by atoms with Crippen LogP contribution in [0.2, 0.25) is 0 Å². The van der Waals surface area contributed by atoms with Gasteiger partial charge in [0.1, 0.15) is 5.01 Å². The number of amides is 3. The Morgan fingerprint density at radius 1 is 1.11 bits per heavy atom. The zero-order valence-corrected chi connectivity index (χ0v) is 16.8. The van der Waals surface area contributed by atoms with Crippen molar-refractivity contribution in [2.75, 3.05) is 26.2 Å². The molecule has 6 nitrogen and oxygen atoms in total. The van der Waals surface area contributed by atoms with Gasteiger partial charge in [0.15, 0.2) is 0 Å². The summed E-state index contributed by atoms with van der Waals surface area (Å²) >= 11 is 1.62. The van der Waals surface area contributed by atoms with Crippen LogP contribution >= 0.6 is 11.3 Å². The minimum Gasteiger partial charge on any atom is -0.342 e. The van der Waals surface area contributed by atoms with Crippen molar-refractivity contribution in [3.05, 3.63) is 29.3 Å². The third-order valence-electron chi connectivity index (χ3n) is 6.68. The molecule has 0 radical (unpaired) electrons. The number of thiazole rings is 1. The summed E-state index contributed by atoms with van der Waals surface area (Å²) in [6.45, 7) is 3.83. The molecule has 1 saturated carbocycles. The maximum atomic E-state index is 12.7. The van der Waals surface area contributed by atoms with E-state index in [-0.39, 0.29) is 17.4 Å². The number of likely N-dealkylation sites (tertiary alicyclic amines) is 2. The number of nitrogens with zero attached hydrogens (tertiary/aromatic N) is 3. The van der Waals surface area contributed by atoms with Gasteiger partial charge in [0.05, 0.1) is 16.8 Å². The van der Waals surface area contributed by atoms with Crippen LogP contribution in [-0.4, -0.2) is 52.9 Å². The Balaban J connectivity index is 1.12. The Labute approximate surface area is 168 Å². The van der Waals surface area contributed by atoms with Gasteiger partial charge in [-0.25, -0.2) is 9.78 Å². The fourth-order valence-corrected chi connectivity index (χ4v) is 5.73. The van der Waals surface area contributed by atoms with Crippen molar-refractivity contribution < 1.29 is 9.59 Å². The van der Waals surface area contributed by atoms with Crippen LogP contribution in [0.25, 0.3) is 10.2 Å². The number of hydrogen-bond acceptors (Lipinski definition) is 4. The van der Waals surface area contributed by atoms with Crippen LogP contribution in [0.3, 0.4) is 0 Å². The number of urea groups is 1. The summed E-state index contributed by atoms with van der Waals surface area (Å²) in [5.74, 6) is 0.574. The average Bonchev–Trinajstić information content (AvgIpc) is 3.09. The number of nitrogens with one attached hydrogen (secondary N) is 1. The lowest BCUT2D eigenvalue weighted by molar-refractivity contribution is -0.132.